The Morgan fingerprint density at radius 2 is 0.549 bits per heavy atom. The van der Waals surface area contributed by atoms with Gasteiger partial charge in [0.1, 0.15) is 0 Å². The Labute approximate surface area is 322 Å². The van der Waals surface area contributed by atoms with Gasteiger partial charge in [0.05, 0.1) is 6.61 Å². The molecule has 4 nitrogen and oxygen atoms in total. The van der Waals surface area contributed by atoms with E-state index in [0.29, 0.717) is 13.0 Å². The van der Waals surface area contributed by atoms with Crippen LogP contribution in [0.1, 0.15) is 252 Å². The first-order valence-electron chi connectivity index (χ1n) is 23.8. The maximum Gasteiger partial charge on any atom is 0.305 e. The molecular weight excluding hydrogens is 625 g/mol. The summed E-state index contributed by atoms with van der Waals surface area (Å²) in [6.07, 6.45) is 47.7. The number of hydrogen-bond donors (Lipinski definition) is 0. The van der Waals surface area contributed by atoms with Gasteiger partial charge in [-0.15, -0.1) is 0 Å². The zero-order valence-electron chi connectivity index (χ0n) is 35.9. The number of unbranched alkanes of at least 4 members (excludes halogenated alkanes) is 29. The molecule has 0 aromatic carbocycles. The van der Waals surface area contributed by atoms with Crippen molar-refractivity contribution in [2.45, 2.75) is 252 Å². The molecule has 0 N–H and O–H groups in total. The van der Waals surface area contributed by atoms with E-state index in [1.165, 1.54) is 245 Å². The van der Waals surface area contributed by atoms with Gasteiger partial charge in [0.25, 0.3) is 0 Å². The van der Waals surface area contributed by atoms with E-state index in [9.17, 15) is 4.79 Å². The summed E-state index contributed by atoms with van der Waals surface area (Å²) < 4.78 is 5.15. The highest BCUT2D eigenvalue weighted by Gasteiger charge is 2.10. The molecule has 0 heterocycles. The predicted molar refractivity (Wildman–Crippen MR) is 228 cm³/mol. The number of nitrogens with zero attached hydrogens (tertiary/aromatic N) is 2. The van der Waals surface area contributed by atoms with Crippen molar-refractivity contribution in [3.8, 4) is 0 Å². The minimum Gasteiger partial charge on any atom is -0.466 e. The molecule has 0 aromatic heterocycles. The molecule has 0 aliphatic heterocycles. The van der Waals surface area contributed by atoms with E-state index < -0.39 is 0 Å². The van der Waals surface area contributed by atoms with E-state index >= 15 is 0 Å². The van der Waals surface area contributed by atoms with Gasteiger partial charge in [-0.25, -0.2) is 0 Å². The van der Waals surface area contributed by atoms with Gasteiger partial charge in [0, 0.05) is 6.42 Å². The van der Waals surface area contributed by atoms with Crippen LogP contribution < -0.4 is 0 Å². The van der Waals surface area contributed by atoms with Crippen LogP contribution in [-0.2, 0) is 9.53 Å². The van der Waals surface area contributed by atoms with Crippen molar-refractivity contribution in [3.63, 3.8) is 0 Å². The maximum atomic E-state index is 11.8. The van der Waals surface area contributed by atoms with Gasteiger partial charge in [0.2, 0.25) is 0 Å². The average molecular weight is 721 g/mol. The molecule has 306 valence electrons. The summed E-state index contributed by atoms with van der Waals surface area (Å²) in [6.45, 7) is 16.9. The molecule has 0 atom stereocenters. The lowest BCUT2D eigenvalue weighted by Crippen LogP contribution is -2.32. The fraction of sp³-hybridized carbons (Fsp3) is 0.979. The first kappa shape index (κ1) is 50.4. The molecule has 0 radical (unpaired) electrons. The molecule has 0 unspecified atom stereocenters. The number of carbonyl (C=O) groups excluding carboxylic acids is 1. The molecule has 0 aliphatic carbocycles. The molecule has 51 heavy (non-hydrogen) atoms. The minimum atomic E-state index is -0.0235. The van der Waals surface area contributed by atoms with E-state index in [-0.39, 0.29) is 5.97 Å². The van der Waals surface area contributed by atoms with Gasteiger partial charge in [-0.3, -0.25) is 4.79 Å². The molecule has 0 amide bonds. The second-order valence-electron chi connectivity index (χ2n) is 16.2. The molecule has 0 fully saturated rings. The van der Waals surface area contributed by atoms with Crippen molar-refractivity contribution in [2.75, 3.05) is 45.9 Å². The predicted octanol–water partition coefficient (Wildman–Crippen LogP) is 14.9. The van der Waals surface area contributed by atoms with Gasteiger partial charge in [-0.2, -0.15) is 0 Å². The number of esters is 1. The SMILES string of the molecule is CCCCCCCCCCCCN(CCCCCCCCCCCC)CCCN(CCCCCCCCCCCC)CCCCCC(=O)OCC. The summed E-state index contributed by atoms with van der Waals surface area (Å²) in [7, 11) is 0. The smallest absolute Gasteiger partial charge is 0.305 e. The van der Waals surface area contributed by atoms with Gasteiger partial charge in [0.15, 0.2) is 0 Å². The highest BCUT2D eigenvalue weighted by Crippen LogP contribution is 2.15. The standard InChI is InChI=1S/C47H96N2O2/c1-5-9-12-15-18-21-24-27-30-35-41-48(42-36-31-28-25-22-19-16-13-10-6-2)45-39-46-49(44-38-33-34-40-47(50)51-8-4)43-37-32-29-26-23-20-17-14-11-7-3/h5-46H2,1-4H3. The van der Waals surface area contributed by atoms with Crippen LogP contribution >= 0.6 is 0 Å². The van der Waals surface area contributed by atoms with Crippen molar-refractivity contribution in [2.24, 2.45) is 0 Å². The van der Waals surface area contributed by atoms with Crippen molar-refractivity contribution >= 4 is 5.97 Å². The van der Waals surface area contributed by atoms with E-state index in [2.05, 4.69) is 30.6 Å². The largest absolute Gasteiger partial charge is 0.466 e. The highest BCUT2D eigenvalue weighted by molar-refractivity contribution is 5.69. The lowest BCUT2D eigenvalue weighted by molar-refractivity contribution is -0.143. The quantitative estimate of drug-likeness (QED) is 0.0463. The van der Waals surface area contributed by atoms with E-state index in [4.69, 9.17) is 4.74 Å². The van der Waals surface area contributed by atoms with Crippen LogP contribution in [-0.4, -0.2) is 61.6 Å². The van der Waals surface area contributed by atoms with Crippen molar-refractivity contribution in [1.29, 1.82) is 0 Å². The van der Waals surface area contributed by atoms with Crippen LogP contribution in [0.5, 0.6) is 0 Å². The van der Waals surface area contributed by atoms with Crippen molar-refractivity contribution in [1.82, 2.24) is 9.80 Å². The molecule has 0 aliphatic rings. The van der Waals surface area contributed by atoms with Crippen LogP contribution in [0.25, 0.3) is 0 Å². The lowest BCUT2D eigenvalue weighted by Gasteiger charge is -2.26. The lowest BCUT2D eigenvalue weighted by atomic mass is 10.1. The highest BCUT2D eigenvalue weighted by atomic mass is 16.5. The third-order valence-electron chi connectivity index (χ3n) is 11.1. The Bertz CT molecular complexity index is 632. The number of carbonyl (C=O) groups is 1. The topological polar surface area (TPSA) is 32.8 Å². The Kier molecular flexibility index (Phi) is 43.3. The molecule has 0 saturated carbocycles. The monoisotopic (exact) mass is 721 g/mol. The average Bonchev–Trinajstić information content (AvgIpc) is 3.13. The van der Waals surface area contributed by atoms with Gasteiger partial charge in [-0.1, -0.05) is 201 Å². The van der Waals surface area contributed by atoms with Crippen LogP contribution in [0.3, 0.4) is 0 Å². The molecular formula is C47H96N2O2. The molecule has 0 spiro atoms. The van der Waals surface area contributed by atoms with E-state index in [0.717, 1.165) is 12.8 Å². The van der Waals surface area contributed by atoms with Gasteiger partial charge < -0.3 is 14.5 Å². The van der Waals surface area contributed by atoms with E-state index in [1.807, 2.05) is 6.92 Å². The normalized spacial score (nSPS) is 11.7. The minimum absolute atomic E-state index is 0.0235. The third-order valence-corrected chi connectivity index (χ3v) is 11.1. The Morgan fingerprint density at radius 1 is 0.314 bits per heavy atom. The van der Waals surface area contributed by atoms with Crippen LogP contribution in [0.4, 0.5) is 0 Å². The fourth-order valence-corrected chi connectivity index (χ4v) is 7.67. The first-order chi connectivity index (χ1) is 25.2. The molecule has 0 rings (SSSR count). The Balaban J connectivity index is 4.65. The number of hydrogen-bond acceptors (Lipinski definition) is 4. The summed E-state index contributed by atoms with van der Waals surface area (Å²) in [5.41, 5.74) is 0. The van der Waals surface area contributed by atoms with Crippen LogP contribution in [0.15, 0.2) is 0 Å². The molecule has 0 aromatic rings. The van der Waals surface area contributed by atoms with Crippen LogP contribution in [0, 0.1) is 0 Å². The second kappa shape index (κ2) is 43.8. The van der Waals surface area contributed by atoms with Gasteiger partial charge in [-0.05, 0) is 84.7 Å². The maximum absolute atomic E-state index is 11.8. The second-order valence-corrected chi connectivity index (χ2v) is 16.2. The summed E-state index contributed by atoms with van der Waals surface area (Å²) in [4.78, 5) is 17.4. The number of rotatable bonds is 44. The van der Waals surface area contributed by atoms with Crippen molar-refractivity contribution in [3.05, 3.63) is 0 Å². The summed E-state index contributed by atoms with van der Waals surface area (Å²) in [5.74, 6) is -0.0235. The Hall–Kier alpha value is -0.610. The zero-order valence-corrected chi connectivity index (χ0v) is 35.9. The van der Waals surface area contributed by atoms with E-state index in [1.54, 1.807) is 0 Å². The first-order valence-corrected chi connectivity index (χ1v) is 23.8. The van der Waals surface area contributed by atoms with Crippen molar-refractivity contribution < 1.29 is 9.53 Å². The van der Waals surface area contributed by atoms with Crippen LogP contribution in [0.2, 0.25) is 0 Å². The molecule has 0 bridgehead atoms. The fourth-order valence-electron chi connectivity index (χ4n) is 7.67. The van der Waals surface area contributed by atoms with Gasteiger partial charge >= 0.3 is 5.97 Å². The molecule has 4 heteroatoms. The summed E-state index contributed by atoms with van der Waals surface area (Å²) in [5, 5.41) is 0. The zero-order chi connectivity index (χ0) is 37.1. The third kappa shape index (κ3) is 40.4. The number of ether oxygens (including phenoxy) is 1. The molecule has 0 saturated heterocycles. The Morgan fingerprint density at radius 3 is 0.824 bits per heavy atom. The summed E-state index contributed by atoms with van der Waals surface area (Å²) in [6, 6.07) is 0. The summed E-state index contributed by atoms with van der Waals surface area (Å²) >= 11 is 0.